The predicted octanol–water partition coefficient (Wildman–Crippen LogP) is 0.836. The number of hydrogen-bond acceptors (Lipinski definition) is 6. The average molecular weight is 333 g/mol. The van der Waals surface area contributed by atoms with Crippen LogP contribution in [0, 0.1) is 0 Å². The molecule has 1 aliphatic rings. The van der Waals surface area contributed by atoms with Gasteiger partial charge in [-0.25, -0.2) is 0 Å². The molecule has 7 heteroatoms. The van der Waals surface area contributed by atoms with Crippen molar-refractivity contribution in [1.82, 2.24) is 4.90 Å². The van der Waals surface area contributed by atoms with Gasteiger partial charge in [0.05, 0.1) is 33.0 Å². The van der Waals surface area contributed by atoms with Gasteiger partial charge in [-0.1, -0.05) is 0 Å². The number of hydrogen-bond donors (Lipinski definition) is 0. The Morgan fingerprint density at radius 3 is 2.04 bits per heavy atom. The highest BCUT2D eigenvalue weighted by atomic mass is 16.5. The van der Waals surface area contributed by atoms with Crippen LogP contribution in [-0.4, -0.2) is 62.6 Å². The Morgan fingerprint density at radius 2 is 1.42 bits per heavy atom. The lowest BCUT2D eigenvalue weighted by atomic mass is 10.2. The minimum atomic E-state index is -0.307. The first-order valence-corrected chi connectivity index (χ1v) is 7.58. The van der Waals surface area contributed by atoms with Gasteiger partial charge in [0.1, 0.15) is 18.6 Å². The van der Waals surface area contributed by atoms with Gasteiger partial charge in [0.2, 0.25) is 0 Å². The Balaban J connectivity index is 1.44. The summed E-state index contributed by atoms with van der Waals surface area (Å²) in [5.74, 6) is 0.0605. The topological polar surface area (TPSA) is 82.1 Å². The number of nitrogens with zero attached hydrogens (tertiary/aromatic N) is 1. The largest absolute Gasteiger partial charge is 0.491 e. The fourth-order valence-electron chi connectivity index (χ4n) is 1.99. The van der Waals surface area contributed by atoms with Gasteiger partial charge in [-0.3, -0.25) is 19.3 Å². The third kappa shape index (κ3) is 5.60. The summed E-state index contributed by atoms with van der Waals surface area (Å²) in [6.45, 7) is 2.09. The molecule has 1 aliphatic heterocycles. The molecule has 0 unspecified atom stereocenters. The smallest absolute Gasteiger partial charge is 0.253 e. The quantitative estimate of drug-likeness (QED) is 0.339. The second-order valence-corrected chi connectivity index (χ2v) is 4.92. The fraction of sp³-hybridized carbons (Fsp3) is 0.353. The Kier molecular flexibility index (Phi) is 7.13. The van der Waals surface area contributed by atoms with Crippen LogP contribution in [0.4, 0.5) is 0 Å². The van der Waals surface area contributed by atoms with Crippen molar-refractivity contribution in [2.24, 2.45) is 0 Å². The molecule has 0 atom stereocenters. The SMILES string of the molecule is O=Cc1ccc(OCCOCCOCCN2C(=O)C=CC2=O)cc1. The summed E-state index contributed by atoms with van der Waals surface area (Å²) in [6, 6.07) is 6.82. The molecule has 0 saturated heterocycles. The predicted molar refractivity (Wildman–Crippen MR) is 84.8 cm³/mol. The van der Waals surface area contributed by atoms with Crippen molar-refractivity contribution in [2.75, 3.05) is 39.6 Å². The highest BCUT2D eigenvalue weighted by Gasteiger charge is 2.22. The van der Waals surface area contributed by atoms with Crippen LogP contribution >= 0.6 is 0 Å². The van der Waals surface area contributed by atoms with Crippen molar-refractivity contribution in [1.29, 1.82) is 0 Å². The number of imide groups is 1. The van der Waals surface area contributed by atoms with Crippen LogP contribution in [0.3, 0.4) is 0 Å². The molecule has 7 nitrogen and oxygen atoms in total. The lowest BCUT2D eigenvalue weighted by Crippen LogP contribution is -2.33. The van der Waals surface area contributed by atoms with Crippen LogP contribution in [0.5, 0.6) is 5.75 Å². The average Bonchev–Trinajstić information content (AvgIpc) is 2.92. The zero-order valence-electron chi connectivity index (χ0n) is 13.2. The maximum absolute atomic E-state index is 11.3. The molecule has 24 heavy (non-hydrogen) atoms. The molecule has 1 heterocycles. The van der Waals surface area contributed by atoms with Crippen LogP contribution in [0.2, 0.25) is 0 Å². The third-order valence-electron chi connectivity index (χ3n) is 3.24. The first kappa shape index (κ1) is 17.8. The van der Waals surface area contributed by atoms with Crippen LogP contribution in [0.1, 0.15) is 10.4 Å². The van der Waals surface area contributed by atoms with Gasteiger partial charge in [0, 0.05) is 17.7 Å². The summed E-state index contributed by atoms with van der Waals surface area (Å²) in [7, 11) is 0. The highest BCUT2D eigenvalue weighted by Crippen LogP contribution is 2.10. The standard InChI is InChI=1S/C17H19NO6/c19-13-14-1-3-15(4-2-14)24-12-11-23-10-9-22-8-7-18-16(20)5-6-17(18)21/h1-6,13H,7-12H2. The van der Waals surface area contributed by atoms with E-state index in [1.165, 1.54) is 12.2 Å². The number of carbonyl (C=O) groups is 3. The van der Waals surface area contributed by atoms with E-state index in [-0.39, 0.29) is 25.0 Å². The Morgan fingerprint density at radius 1 is 0.833 bits per heavy atom. The second kappa shape index (κ2) is 9.59. The van der Waals surface area contributed by atoms with Gasteiger partial charge in [-0.15, -0.1) is 0 Å². The van der Waals surface area contributed by atoms with Crippen molar-refractivity contribution < 1.29 is 28.6 Å². The third-order valence-corrected chi connectivity index (χ3v) is 3.24. The van der Waals surface area contributed by atoms with Crippen molar-refractivity contribution in [2.45, 2.75) is 0 Å². The number of ether oxygens (including phenoxy) is 3. The zero-order valence-corrected chi connectivity index (χ0v) is 13.2. The van der Waals surface area contributed by atoms with Gasteiger partial charge in [0.25, 0.3) is 11.8 Å². The molecular weight excluding hydrogens is 314 g/mol. The second-order valence-electron chi connectivity index (χ2n) is 4.92. The first-order chi connectivity index (χ1) is 11.7. The van der Waals surface area contributed by atoms with Gasteiger partial charge >= 0.3 is 0 Å². The molecule has 0 bridgehead atoms. The molecule has 128 valence electrons. The summed E-state index contributed by atoms with van der Waals surface area (Å²) < 4.78 is 16.1. The van der Waals surface area contributed by atoms with Gasteiger partial charge in [-0.2, -0.15) is 0 Å². The lowest BCUT2D eigenvalue weighted by Gasteiger charge is -2.13. The molecule has 0 saturated carbocycles. The van der Waals surface area contributed by atoms with Crippen LogP contribution in [0.15, 0.2) is 36.4 Å². The van der Waals surface area contributed by atoms with E-state index < -0.39 is 0 Å². The molecule has 0 spiro atoms. The minimum absolute atomic E-state index is 0.241. The lowest BCUT2D eigenvalue weighted by molar-refractivity contribution is -0.137. The minimum Gasteiger partial charge on any atom is -0.491 e. The van der Waals surface area contributed by atoms with E-state index in [0.717, 1.165) is 11.2 Å². The molecule has 2 rings (SSSR count). The normalized spacial score (nSPS) is 13.6. The monoisotopic (exact) mass is 333 g/mol. The van der Waals surface area contributed by atoms with E-state index >= 15 is 0 Å². The Bertz CT molecular complexity index is 578. The van der Waals surface area contributed by atoms with Crippen molar-refractivity contribution in [3.63, 3.8) is 0 Å². The summed E-state index contributed by atoms with van der Waals surface area (Å²) in [6.07, 6.45) is 3.27. The van der Waals surface area contributed by atoms with Crippen LogP contribution in [0.25, 0.3) is 0 Å². The summed E-state index contributed by atoms with van der Waals surface area (Å²) in [4.78, 5) is 34.2. The molecule has 0 aromatic heterocycles. The first-order valence-electron chi connectivity index (χ1n) is 7.58. The van der Waals surface area contributed by atoms with E-state index in [2.05, 4.69) is 0 Å². The fourth-order valence-corrected chi connectivity index (χ4v) is 1.99. The summed E-state index contributed by atoms with van der Waals surface area (Å²) in [5.41, 5.74) is 0.601. The van der Waals surface area contributed by atoms with Gasteiger partial charge in [0.15, 0.2) is 0 Å². The highest BCUT2D eigenvalue weighted by molar-refractivity contribution is 6.12. The van der Waals surface area contributed by atoms with E-state index in [1.54, 1.807) is 24.3 Å². The van der Waals surface area contributed by atoms with E-state index in [4.69, 9.17) is 14.2 Å². The maximum Gasteiger partial charge on any atom is 0.253 e. The Hall–Kier alpha value is -2.51. The number of amides is 2. The zero-order chi connectivity index (χ0) is 17.2. The molecule has 0 N–H and O–H groups in total. The van der Waals surface area contributed by atoms with Crippen molar-refractivity contribution in [3.8, 4) is 5.75 Å². The van der Waals surface area contributed by atoms with Gasteiger partial charge < -0.3 is 14.2 Å². The molecule has 0 fully saturated rings. The molecule has 0 aliphatic carbocycles. The van der Waals surface area contributed by atoms with Crippen LogP contribution in [-0.2, 0) is 19.1 Å². The van der Waals surface area contributed by atoms with E-state index in [0.29, 0.717) is 37.7 Å². The number of carbonyl (C=O) groups excluding carboxylic acids is 3. The number of rotatable bonds is 11. The summed E-state index contributed by atoms with van der Waals surface area (Å²) in [5, 5.41) is 0. The number of benzene rings is 1. The van der Waals surface area contributed by atoms with E-state index in [9.17, 15) is 14.4 Å². The molecular formula is C17H19NO6. The summed E-state index contributed by atoms with van der Waals surface area (Å²) >= 11 is 0. The number of aldehydes is 1. The molecule has 1 aromatic rings. The maximum atomic E-state index is 11.3. The van der Waals surface area contributed by atoms with E-state index in [1.807, 2.05) is 0 Å². The van der Waals surface area contributed by atoms with Crippen molar-refractivity contribution >= 4 is 18.1 Å². The van der Waals surface area contributed by atoms with Crippen molar-refractivity contribution in [3.05, 3.63) is 42.0 Å². The molecule has 0 radical (unpaired) electrons. The molecule has 1 aromatic carbocycles. The van der Waals surface area contributed by atoms with Gasteiger partial charge in [-0.05, 0) is 24.3 Å². The Labute approximate surface area is 139 Å². The van der Waals surface area contributed by atoms with Crippen LogP contribution < -0.4 is 4.74 Å². The molecule has 2 amide bonds.